The highest BCUT2D eigenvalue weighted by Gasteiger charge is 2.05. The maximum Gasteiger partial charge on any atom is 0.0595 e. The van der Waals surface area contributed by atoms with Gasteiger partial charge in [-0.2, -0.15) is 0 Å². The van der Waals surface area contributed by atoms with E-state index in [4.69, 9.17) is 0 Å². The fourth-order valence-electron chi connectivity index (χ4n) is 2.38. The molecule has 0 amide bonds. The number of nitrogens with zero attached hydrogens (tertiary/aromatic N) is 1. The molecule has 1 N–H and O–H groups in total. The molecule has 0 aliphatic carbocycles. The fourth-order valence-corrected chi connectivity index (χ4v) is 2.38. The minimum atomic E-state index is -0.227. The van der Waals surface area contributed by atoms with Crippen LogP contribution in [0.5, 0.6) is 0 Å². The zero-order chi connectivity index (χ0) is 13.8. The van der Waals surface area contributed by atoms with Crippen molar-refractivity contribution < 1.29 is 5.11 Å². The van der Waals surface area contributed by atoms with E-state index in [1.165, 1.54) is 44.9 Å². The van der Waals surface area contributed by atoms with Crippen LogP contribution in [0.4, 0.5) is 0 Å². The van der Waals surface area contributed by atoms with Crippen LogP contribution in [0.3, 0.4) is 0 Å². The lowest BCUT2D eigenvalue weighted by atomic mass is 10.0. The molecule has 0 aliphatic heterocycles. The standard InChI is InChI=1S/C17H29NO/c1-2-3-4-5-6-7-8-9-13-17(19)15-16-12-10-11-14-18-16/h10-12,14,17,19H,2-9,13,15H2,1H3. The van der Waals surface area contributed by atoms with Gasteiger partial charge in [-0.1, -0.05) is 64.4 Å². The van der Waals surface area contributed by atoms with Crippen molar-refractivity contribution in [3.63, 3.8) is 0 Å². The van der Waals surface area contributed by atoms with Crippen molar-refractivity contribution in [3.8, 4) is 0 Å². The van der Waals surface area contributed by atoms with Crippen molar-refractivity contribution in [1.29, 1.82) is 0 Å². The monoisotopic (exact) mass is 263 g/mol. The van der Waals surface area contributed by atoms with E-state index in [2.05, 4.69) is 11.9 Å². The highest BCUT2D eigenvalue weighted by Crippen LogP contribution is 2.12. The van der Waals surface area contributed by atoms with E-state index in [-0.39, 0.29) is 6.10 Å². The largest absolute Gasteiger partial charge is 0.393 e. The first-order chi connectivity index (χ1) is 9.33. The quantitative estimate of drug-likeness (QED) is 0.596. The van der Waals surface area contributed by atoms with Gasteiger partial charge in [0.15, 0.2) is 0 Å². The molecular weight excluding hydrogens is 234 g/mol. The Kier molecular flexibility index (Phi) is 9.34. The number of hydrogen-bond acceptors (Lipinski definition) is 2. The van der Waals surface area contributed by atoms with Crippen LogP contribution in [-0.2, 0) is 6.42 Å². The summed E-state index contributed by atoms with van der Waals surface area (Å²) in [5.41, 5.74) is 0.995. The van der Waals surface area contributed by atoms with Gasteiger partial charge in [-0.3, -0.25) is 4.98 Å². The van der Waals surface area contributed by atoms with Crippen LogP contribution in [0.2, 0.25) is 0 Å². The lowest BCUT2D eigenvalue weighted by Crippen LogP contribution is -2.11. The molecule has 0 aliphatic rings. The normalized spacial score (nSPS) is 12.5. The number of rotatable bonds is 11. The van der Waals surface area contributed by atoms with Crippen molar-refractivity contribution in [3.05, 3.63) is 30.1 Å². The summed E-state index contributed by atoms with van der Waals surface area (Å²) in [6.07, 6.45) is 13.7. The van der Waals surface area contributed by atoms with Crippen LogP contribution in [0.15, 0.2) is 24.4 Å². The summed E-state index contributed by atoms with van der Waals surface area (Å²) in [5.74, 6) is 0. The second kappa shape index (κ2) is 11.0. The molecule has 1 aromatic heterocycles. The highest BCUT2D eigenvalue weighted by atomic mass is 16.3. The molecule has 0 fully saturated rings. The Morgan fingerprint density at radius 1 is 1.00 bits per heavy atom. The van der Waals surface area contributed by atoms with Gasteiger partial charge in [0.25, 0.3) is 0 Å². The number of pyridine rings is 1. The smallest absolute Gasteiger partial charge is 0.0595 e. The number of hydrogen-bond donors (Lipinski definition) is 1. The molecule has 0 saturated carbocycles. The first-order valence-electron chi connectivity index (χ1n) is 7.91. The van der Waals surface area contributed by atoms with Gasteiger partial charge in [0, 0.05) is 18.3 Å². The van der Waals surface area contributed by atoms with Crippen molar-refractivity contribution in [2.45, 2.75) is 77.2 Å². The topological polar surface area (TPSA) is 33.1 Å². The number of aromatic nitrogens is 1. The molecule has 0 bridgehead atoms. The van der Waals surface area contributed by atoms with Gasteiger partial charge < -0.3 is 5.11 Å². The fraction of sp³-hybridized carbons (Fsp3) is 0.706. The van der Waals surface area contributed by atoms with Gasteiger partial charge >= 0.3 is 0 Å². The van der Waals surface area contributed by atoms with Crippen LogP contribution < -0.4 is 0 Å². The minimum absolute atomic E-state index is 0.227. The maximum atomic E-state index is 9.94. The van der Waals surface area contributed by atoms with Gasteiger partial charge in [0.05, 0.1) is 6.10 Å². The number of aliphatic hydroxyl groups excluding tert-OH is 1. The van der Waals surface area contributed by atoms with Gasteiger partial charge in [0.2, 0.25) is 0 Å². The van der Waals surface area contributed by atoms with Crippen LogP contribution in [-0.4, -0.2) is 16.2 Å². The van der Waals surface area contributed by atoms with Crippen molar-refractivity contribution in [2.24, 2.45) is 0 Å². The molecule has 1 unspecified atom stereocenters. The third-order valence-electron chi connectivity index (χ3n) is 3.56. The third-order valence-corrected chi connectivity index (χ3v) is 3.56. The molecule has 1 aromatic rings. The molecule has 108 valence electrons. The van der Waals surface area contributed by atoms with Crippen molar-refractivity contribution in [1.82, 2.24) is 4.98 Å². The van der Waals surface area contributed by atoms with Gasteiger partial charge in [-0.15, -0.1) is 0 Å². The lowest BCUT2D eigenvalue weighted by Gasteiger charge is -2.09. The second-order valence-corrected chi connectivity index (χ2v) is 5.44. The van der Waals surface area contributed by atoms with E-state index < -0.39 is 0 Å². The van der Waals surface area contributed by atoms with E-state index in [0.717, 1.165) is 18.5 Å². The van der Waals surface area contributed by atoms with Crippen LogP contribution in [0.25, 0.3) is 0 Å². The Labute approximate surface area is 118 Å². The molecule has 1 heterocycles. The SMILES string of the molecule is CCCCCCCCCCC(O)Cc1ccccn1. The zero-order valence-corrected chi connectivity index (χ0v) is 12.4. The average Bonchev–Trinajstić information content (AvgIpc) is 2.43. The van der Waals surface area contributed by atoms with Crippen molar-refractivity contribution in [2.75, 3.05) is 0 Å². The third kappa shape index (κ3) is 8.77. The molecule has 0 radical (unpaired) electrons. The summed E-state index contributed by atoms with van der Waals surface area (Å²) in [4.78, 5) is 4.24. The van der Waals surface area contributed by atoms with Gasteiger partial charge in [0.1, 0.15) is 0 Å². The Balaban J connectivity index is 1.94. The summed E-state index contributed by atoms with van der Waals surface area (Å²) < 4.78 is 0. The Hall–Kier alpha value is -0.890. The van der Waals surface area contributed by atoms with Gasteiger partial charge in [-0.25, -0.2) is 0 Å². The van der Waals surface area contributed by atoms with E-state index in [1.54, 1.807) is 6.20 Å². The van der Waals surface area contributed by atoms with Crippen LogP contribution in [0, 0.1) is 0 Å². The predicted octanol–water partition coefficient (Wildman–Crippen LogP) is 4.52. The van der Waals surface area contributed by atoms with E-state index in [0.29, 0.717) is 6.42 Å². The average molecular weight is 263 g/mol. The molecular formula is C17H29NO. The van der Waals surface area contributed by atoms with E-state index in [1.807, 2.05) is 18.2 Å². The van der Waals surface area contributed by atoms with E-state index in [9.17, 15) is 5.11 Å². The summed E-state index contributed by atoms with van der Waals surface area (Å²) in [6.45, 7) is 2.25. The second-order valence-electron chi connectivity index (χ2n) is 5.44. The zero-order valence-electron chi connectivity index (χ0n) is 12.4. The molecule has 1 atom stereocenters. The molecule has 2 nitrogen and oxygen atoms in total. The molecule has 0 spiro atoms. The first-order valence-corrected chi connectivity index (χ1v) is 7.91. The molecule has 1 rings (SSSR count). The van der Waals surface area contributed by atoms with E-state index >= 15 is 0 Å². The van der Waals surface area contributed by atoms with Crippen LogP contribution in [0.1, 0.15) is 70.4 Å². The maximum absolute atomic E-state index is 9.94. The predicted molar refractivity (Wildman–Crippen MR) is 81.2 cm³/mol. The van der Waals surface area contributed by atoms with Crippen LogP contribution >= 0.6 is 0 Å². The summed E-state index contributed by atoms with van der Waals surface area (Å²) in [7, 11) is 0. The first kappa shape index (κ1) is 16.2. The number of aliphatic hydroxyl groups is 1. The molecule has 2 heteroatoms. The molecule has 0 aromatic carbocycles. The Morgan fingerprint density at radius 2 is 1.68 bits per heavy atom. The number of unbranched alkanes of at least 4 members (excludes halogenated alkanes) is 7. The van der Waals surface area contributed by atoms with Crippen molar-refractivity contribution >= 4 is 0 Å². The Bertz CT molecular complexity index is 299. The highest BCUT2D eigenvalue weighted by molar-refractivity contribution is 5.04. The Morgan fingerprint density at radius 3 is 2.32 bits per heavy atom. The molecule has 19 heavy (non-hydrogen) atoms. The molecule has 0 saturated heterocycles. The summed E-state index contributed by atoms with van der Waals surface area (Å²) >= 11 is 0. The summed E-state index contributed by atoms with van der Waals surface area (Å²) in [5, 5.41) is 9.94. The van der Waals surface area contributed by atoms with Gasteiger partial charge in [-0.05, 0) is 18.6 Å². The summed E-state index contributed by atoms with van der Waals surface area (Å²) in [6, 6.07) is 5.87. The lowest BCUT2D eigenvalue weighted by molar-refractivity contribution is 0.159. The minimum Gasteiger partial charge on any atom is -0.393 e.